The fourth-order valence-electron chi connectivity index (χ4n) is 2.93. The van der Waals surface area contributed by atoms with Gasteiger partial charge in [0.15, 0.2) is 11.6 Å². The first-order chi connectivity index (χ1) is 11.1. The molecule has 0 fully saturated rings. The number of aromatic nitrogens is 1. The molecule has 0 radical (unpaired) electrons. The predicted molar refractivity (Wildman–Crippen MR) is 93.6 cm³/mol. The van der Waals surface area contributed by atoms with Crippen LogP contribution in [0.25, 0.3) is 10.9 Å². The summed E-state index contributed by atoms with van der Waals surface area (Å²) in [7, 11) is 1.74. The SMILES string of the molecule is CNC[C@@H](O)[C@H](c1ccc(F)c(F)c1)n1ccc2ccccc21.Cl. The molecule has 0 aliphatic carbocycles. The molecule has 0 unspecified atom stereocenters. The van der Waals surface area contributed by atoms with Gasteiger partial charge in [0.1, 0.15) is 0 Å². The van der Waals surface area contributed by atoms with Crippen molar-refractivity contribution in [2.45, 2.75) is 12.1 Å². The molecular formula is C18H19ClF2N2O. The van der Waals surface area contributed by atoms with Crippen LogP contribution in [0.1, 0.15) is 11.6 Å². The van der Waals surface area contributed by atoms with Crippen LogP contribution in [0.3, 0.4) is 0 Å². The summed E-state index contributed by atoms with van der Waals surface area (Å²) >= 11 is 0. The van der Waals surface area contributed by atoms with E-state index < -0.39 is 23.8 Å². The Morgan fingerprint density at radius 1 is 1.08 bits per heavy atom. The van der Waals surface area contributed by atoms with Crippen LogP contribution in [0.4, 0.5) is 8.78 Å². The topological polar surface area (TPSA) is 37.2 Å². The Morgan fingerprint density at radius 3 is 2.54 bits per heavy atom. The lowest BCUT2D eigenvalue weighted by atomic mass is 10.00. The molecule has 128 valence electrons. The number of likely N-dealkylation sites (N-methyl/N-ethyl adjacent to an activating group) is 1. The molecule has 6 heteroatoms. The number of rotatable bonds is 5. The summed E-state index contributed by atoms with van der Waals surface area (Å²) in [5.74, 6) is -1.81. The molecule has 2 aromatic carbocycles. The van der Waals surface area contributed by atoms with Crippen molar-refractivity contribution in [3.8, 4) is 0 Å². The summed E-state index contributed by atoms with van der Waals surface area (Å²) in [6.07, 6.45) is 1.07. The Kier molecular flexibility index (Phi) is 5.94. The number of benzene rings is 2. The van der Waals surface area contributed by atoms with E-state index in [2.05, 4.69) is 5.32 Å². The van der Waals surface area contributed by atoms with E-state index in [1.165, 1.54) is 6.07 Å². The largest absolute Gasteiger partial charge is 0.389 e. The number of nitrogens with one attached hydrogen (secondary N) is 1. The number of para-hydroxylation sites is 1. The number of aliphatic hydroxyl groups excluding tert-OH is 1. The van der Waals surface area contributed by atoms with Gasteiger partial charge in [-0.05, 0) is 42.3 Å². The van der Waals surface area contributed by atoms with E-state index in [1.807, 2.05) is 41.1 Å². The molecular weight excluding hydrogens is 334 g/mol. The molecule has 0 saturated carbocycles. The molecule has 0 spiro atoms. The lowest BCUT2D eigenvalue weighted by Gasteiger charge is -2.26. The van der Waals surface area contributed by atoms with Crippen molar-refractivity contribution in [1.82, 2.24) is 9.88 Å². The standard InChI is InChI=1S/C18H18F2N2O.ClH/c1-21-11-17(23)18(13-6-7-14(19)15(20)10-13)22-9-8-12-4-2-3-5-16(12)22;/h2-10,17-18,21,23H,11H2,1H3;1H/t17-,18+;/m1./s1. The average molecular weight is 353 g/mol. The molecule has 1 aromatic heterocycles. The van der Waals surface area contributed by atoms with E-state index in [4.69, 9.17) is 0 Å². The lowest BCUT2D eigenvalue weighted by molar-refractivity contribution is 0.132. The zero-order valence-electron chi connectivity index (χ0n) is 13.1. The van der Waals surface area contributed by atoms with Gasteiger partial charge in [-0.2, -0.15) is 0 Å². The summed E-state index contributed by atoms with van der Waals surface area (Å²) in [6, 6.07) is 12.9. The Bertz CT molecular complexity index is 822. The molecule has 0 bridgehead atoms. The molecule has 2 N–H and O–H groups in total. The highest BCUT2D eigenvalue weighted by atomic mass is 35.5. The highest BCUT2D eigenvalue weighted by Gasteiger charge is 2.24. The van der Waals surface area contributed by atoms with Crippen LogP contribution in [0.2, 0.25) is 0 Å². The number of hydrogen-bond acceptors (Lipinski definition) is 2. The number of nitrogens with zero attached hydrogens (tertiary/aromatic N) is 1. The molecule has 0 aliphatic rings. The van der Waals surface area contributed by atoms with Gasteiger partial charge < -0.3 is 15.0 Å². The first kappa shape index (κ1) is 18.4. The van der Waals surface area contributed by atoms with E-state index in [9.17, 15) is 13.9 Å². The molecule has 24 heavy (non-hydrogen) atoms. The third-order valence-electron chi connectivity index (χ3n) is 3.99. The number of fused-ring (bicyclic) bond motifs is 1. The van der Waals surface area contributed by atoms with Crippen molar-refractivity contribution >= 4 is 23.3 Å². The minimum atomic E-state index is -0.916. The van der Waals surface area contributed by atoms with E-state index in [0.717, 1.165) is 23.0 Å². The molecule has 0 aliphatic heterocycles. The van der Waals surface area contributed by atoms with E-state index in [0.29, 0.717) is 12.1 Å². The van der Waals surface area contributed by atoms with Gasteiger partial charge >= 0.3 is 0 Å². The minimum absolute atomic E-state index is 0. The summed E-state index contributed by atoms with van der Waals surface area (Å²) in [4.78, 5) is 0. The second kappa shape index (κ2) is 7.75. The zero-order valence-corrected chi connectivity index (χ0v) is 13.9. The molecule has 3 nitrogen and oxygen atoms in total. The van der Waals surface area contributed by atoms with Crippen molar-refractivity contribution in [2.24, 2.45) is 0 Å². The monoisotopic (exact) mass is 352 g/mol. The van der Waals surface area contributed by atoms with Crippen LogP contribution in [-0.2, 0) is 0 Å². The van der Waals surface area contributed by atoms with Gasteiger partial charge in [-0.15, -0.1) is 12.4 Å². The Balaban J connectivity index is 0.00000208. The fourth-order valence-corrected chi connectivity index (χ4v) is 2.93. The summed E-state index contributed by atoms with van der Waals surface area (Å²) < 4.78 is 28.8. The van der Waals surface area contributed by atoms with Crippen molar-refractivity contribution in [1.29, 1.82) is 0 Å². The van der Waals surface area contributed by atoms with Crippen LogP contribution in [0.5, 0.6) is 0 Å². The average Bonchev–Trinajstić information content (AvgIpc) is 2.95. The van der Waals surface area contributed by atoms with Crippen LogP contribution in [0.15, 0.2) is 54.7 Å². The first-order valence-electron chi connectivity index (χ1n) is 7.45. The van der Waals surface area contributed by atoms with Crippen molar-refractivity contribution in [2.75, 3.05) is 13.6 Å². The summed E-state index contributed by atoms with van der Waals surface area (Å²) in [5.41, 5.74) is 1.45. The van der Waals surface area contributed by atoms with Gasteiger partial charge in [-0.25, -0.2) is 8.78 Å². The van der Waals surface area contributed by atoms with Crippen molar-refractivity contribution < 1.29 is 13.9 Å². The van der Waals surface area contributed by atoms with Crippen LogP contribution in [-0.4, -0.2) is 29.4 Å². The maximum absolute atomic E-state index is 13.7. The number of aliphatic hydroxyl groups is 1. The van der Waals surface area contributed by atoms with Crippen LogP contribution >= 0.6 is 12.4 Å². The number of hydrogen-bond donors (Lipinski definition) is 2. The van der Waals surface area contributed by atoms with Crippen molar-refractivity contribution in [3.63, 3.8) is 0 Å². The molecule has 1 heterocycles. The quantitative estimate of drug-likeness (QED) is 0.737. The smallest absolute Gasteiger partial charge is 0.159 e. The second-order valence-corrected chi connectivity index (χ2v) is 5.53. The van der Waals surface area contributed by atoms with Gasteiger partial charge in [0.05, 0.1) is 12.1 Å². The molecule has 2 atom stereocenters. The third kappa shape index (κ3) is 3.43. The van der Waals surface area contributed by atoms with Gasteiger partial charge in [-0.1, -0.05) is 24.3 Å². The highest BCUT2D eigenvalue weighted by molar-refractivity contribution is 5.85. The zero-order chi connectivity index (χ0) is 16.4. The maximum atomic E-state index is 13.7. The summed E-state index contributed by atoms with van der Waals surface area (Å²) in [5, 5.41) is 14.5. The minimum Gasteiger partial charge on any atom is -0.389 e. The van der Waals surface area contributed by atoms with Gasteiger partial charge in [0, 0.05) is 18.3 Å². The lowest BCUT2D eigenvalue weighted by Crippen LogP contribution is -2.33. The number of halogens is 3. The Labute approximate surface area is 145 Å². The molecule has 0 saturated heterocycles. The molecule has 0 amide bonds. The van der Waals surface area contributed by atoms with Gasteiger partial charge in [-0.3, -0.25) is 0 Å². The van der Waals surface area contributed by atoms with Gasteiger partial charge in [0.25, 0.3) is 0 Å². The van der Waals surface area contributed by atoms with Crippen molar-refractivity contribution in [3.05, 3.63) is 71.9 Å². The highest BCUT2D eigenvalue weighted by Crippen LogP contribution is 2.28. The fraction of sp³-hybridized carbons (Fsp3) is 0.222. The second-order valence-electron chi connectivity index (χ2n) is 5.53. The normalized spacial score (nSPS) is 13.5. The first-order valence-corrected chi connectivity index (χ1v) is 7.45. The van der Waals surface area contributed by atoms with E-state index in [1.54, 1.807) is 7.05 Å². The summed E-state index contributed by atoms with van der Waals surface area (Å²) in [6.45, 7) is 0.330. The van der Waals surface area contributed by atoms with Crippen LogP contribution < -0.4 is 5.32 Å². The molecule has 3 rings (SSSR count). The third-order valence-corrected chi connectivity index (χ3v) is 3.99. The van der Waals surface area contributed by atoms with Gasteiger partial charge in [0.2, 0.25) is 0 Å². The van der Waals surface area contributed by atoms with E-state index in [-0.39, 0.29) is 12.4 Å². The molecule has 3 aromatic rings. The Morgan fingerprint density at radius 2 is 1.83 bits per heavy atom. The Hall–Kier alpha value is -1.95. The van der Waals surface area contributed by atoms with E-state index >= 15 is 0 Å². The van der Waals surface area contributed by atoms with Crippen LogP contribution in [0, 0.1) is 11.6 Å². The maximum Gasteiger partial charge on any atom is 0.159 e. The predicted octanol–water partition coefficient (Wildman–Crippen LogP) is 3.51.